The molecule has 1 aromatic rings. The summed E-state index contributed by atoms with van der Waals surface area (Å²) in [4.78, 5) is 37.0. The zero-order valence-electron chi connectivity index (χ0n) is 13.0. The highest BCUT2D eigenvalue weighted by Gasteiger charge is 2.53. The number of aromatic hydroxyl groups is 1. The second-order valence-electron chi connectivity index (χ2n) is 5.90. The quantitative estimate of drug-likeness (QED) is 0.571. The van der Waals surface area contributed by atoms with Gasteiger partial charge in [0, 0.05) is 10.6 Å². The van der Waals surface area contributed by atoms with E-state index in [9.17, 15) is 24.6 Å². The van der Waals surface area contributed by atoms with Crippen LogP contribution < -0.4 is 11.1 Å². The van der Waals surface area contributed by atoms with Crippen molar-refractivity contribution in [3.8, 4) is 5.75 Å². The molecule has 0 aromatic heterocycles. The number of amides is 2. The van der Waals surface area contributed by atoms with Crippen molar-refractivity contribution in [3.05, 3.63) is 40.6 Å². The van der Waals surface area contributed by atoms with Gasteiger partial charge in [-0.05, 0) is 18.9 Å². The second-order valence-corrected chi connectivity index (χ2v) is 6.35. The second kappa shape index (κ2) is 6.38. The molecule has 0 saturated carbocycles. The number of nitrogens with zero attached hydrogens (tertiary/aromatic N) is 1. The Labute approximate surface area is 147 Å². The van der Waals surface area contributed by atoms with Crippen molar-refractivity contribution in [3.63, 3.8) is 0 Å². The van der Waals surface area contributed by atoms with Gasteiger partial charge in [-0.15, -0.1) is 0 Å². The molecule has 1 fully saturated rings. The van der Waals surface area contributed by atoms with Crippen LogP contribution in [0.2, 0.25) is 0 Å². The van der Waals surface area contributed by atoms with E-state index in [1.165, 1.54) is 12.1 Å². The number of aliphatic carboxylic acids is 1. The summed E-state index contributed by atoms with van der Waals surface area (Å²) in [5.74, 6) is -2.57. The Morgan fingerprint density at radius 3 is 2.68 bits per heavy atom. The minimum atomic E-state index is -1.28. The van der Waals surface area contributed by atoms with Crippen molar-refractivity contribution in [1.29, 1.82) is 0 Å². The van der Waals surface area contributed by atoms with Crippen LogP contribution in [0.25, 0.3) is 0 Å². The normalized spacial score (nSPS) is 23.6. The number of nitrogens with one attached hydrogen (secondary N) is 1. The third kappa shape index (κ3) is 2.83. The number of halogens is 1. The molecule has 0 bridgehead atoms. The number of carbonyl (C=O) groups excluding carboxylic acids is 2. The lowest BCUT2D eigenvalue weighted by atomic mass is 9.86. The maximum atomic E-state index is 12.3. The van der Waals surface area contributed by atoms with Gasteiger partial charge >= 0.3 is 5.97 Å². The number of nitrogens with two attached hydrogens (primary N) is 1. The van der Waals surface area contributed by atoms with E-state index in [-0.39, 0.29) is 22.0 Å². The Kier molecular flexibility index (Phi) is 4.40. The minimum absolute atomic E-state index is 0.118. The molecule has 0 unspecified atom stereocenters. The van der Waals surface area contributed by atoms with E-state index < -0.39 is 35.9 Å². The number of carboxylic acids is 1. The number of phenolic OH excluding ortho intramolecular Hbond substituents is 1. The summed E-state index contributed by atoms with van der Waals surface area (Å²) >= 11 is 5.91. The molecular weight excluding hydrogens is 350 g/mol. The molecule has 2 amide bonds. The van der Waals surface area contributed by atoms with Crippen LogP contribution >= 0.6 is 11.6 Å². The first-order valence-electron chi connectivity index (χ1n) is 7.61. The molecule has 0 radical (unpaired) electrons. The number of phenols is 1. The van der Waals surface area contributed by atoms with Crippen molar-refractivity contribution in [2.75, 3.05) is 0 Å². The molecule has 5 N–H and O–H groups in total. The highest BCUT2D eigenvalue weighted by atomic mass is 35.5. The monoisotopic (exact) mass is 365 g/mol. The molecule has 132 valence electrons. The minimum Gasteiger partial charge on any atom is -0.508 e. The first-order chi connectivity index (χ1) is 11.8. The Balaban J connectivity index is 1.73. The van der Waals surface area contributed by atoms with E-state index in [4.69, 9.17) is 17.3 Å². The number of carbonyl (C=O) groups is 3. The molecule has 3 rings (SSSR count). The molecule has 0 spiro atoms. The predicted molar refractivity (Wildman–Crippen MR) is 87.3 cm³/mol. The smallest absolute Gasteiger partial charge is 0.353 e. The Hall–Kier alpha value is -2.58. The van der Waals surface area contributed by atoms with Gasteiger partial charge in [-0.25, -0.2) is 4.79 Å². The average Bonchev–Trinajstić information content (AvgIpc) is 2.58. The fourth-order valence-electron chi connectivity index (χ4n) is 3.15. The number of rotatable bonds is 4. The van der Waals surface area contributed by atoms with E-state index in [0.29, 0.717) is 12.8 Å². The van der Waals surface area contributed by atoms with Crippen LogP contribution in [0.3, 0.4) is 0 Å². The Morgan fingerprint density at radius 1 is 1.36 bits per heavy atom. The van der Waals surface area contributed by atoms with Gasteiger partial charge in [0.2, 0.25) is 5.91 Å². The summed E-state index contributed by atoms with van der Waals surface area (Å²) < 4.78 is 0. The number of benzene rings is 1. The summed E-state index contributed by atoms with van der Waals surface area (Å²) in [6, 6.07) is 3.68. The third-order valence-corrected chi connectivity index (χ3v) is 4.80. The molecule has 0 aliphatic carbocycles. The van der Waals surface area contributed by atoms with Crippen molar-refractivity contribution in [2.24, 2.45) is 5.73 Å². The molecule has 8 nitrogen and oxygen atoms in total. The van der Waals surface area contributed by atoms with Crippen LogP contribution in [0.1, 0.15) is 24.4 Å². The van der Waals surface area contributed by atoms with Gasteiger partial charge in [0.05, 0.1) is 6.04 Å². The van der Waals surface area contributed by atoms with Gasteiger partial charge in [-0.3, -0.25) is 14.5 Å². The van der Waals surface area contributed by atoms with E-state index in [0.717, 1.165) is 4.90 Å². The molecule has 3 atom stereocenters. The third-order valence-electron chi connectivity index (χ3n) is 4.43. The largest absolute Gasteiger partial charge is 0.508 e. The summed E-state index contributed by atoms with van der Waals surface area (Å²) in [6.45, 7) is 0. The number of fused-ring (bicyclic) bond motifs is 1. The SMILES string of the molecule is N[C@@H](C(=O)N[C@@H]1C(=O)N2C(C(=O)O)=C(Cl)CC[C@H]12)c1ccccc1O. The lowest BCUT2D eigenvalue weighted by Gasteiger charge is -2.49. The van der Waals surface area contributed by atoms with Gasteiger partial charge < -0.3 is 21.3 Å². The summed E-state index contributed by atoms with van der Waals surface area (Å²) in [5, 5.41) is 21.6. The first-order valence-corrected chi connectivity index (χ1v) is 7.99. The fraction of sp³-hybridized carbons (Fsp3) is 0.312. The van der Waals surface area contributed by atoms with E-state index in [1.54, 1.807) is 12.1 Å². The van der Waals surface area contributed by atoms with Gasteiger partial charge in [0.15, 0.2) is 0 Å². The number of para-hydroxylation sites is 1. The number of carboxylic acid groups (broad SMARTS) is 1. The lowest BCUT2D eigenvalue weighted by molar-refractivity contribution is -0.156. The van der Waals surface area contributed by atoms with Crippen LogP contribution in [-0.4, -0.2) is 45.0 Å². The number of β-lactam (4-membered cyclic amide) rings is 1. The van der Waals surface area contributed by atoms with Crippen LogP contribution in [-0.2, 0) is 14.4 Å². The molecule has 25 heavy (non-hydrogen) atoms. The zero-order valence-corrected chi connectivity index (χ0v) is 13.7. The van der Waals surface area contributed by atoms with Crippen LogP contribution in [0.4, 0.5) is 0 Å². The molecule has 1 saturated heterocycles. The standard InChI is InChI=1S/C16H16ClN3O5/c17-8-5-6-9-12(15(23)20(9)13(8)16(24)25)19-14(22)11(18)7-3-1-2-4-10(7)21/h1-4,9,11-12,21H,5-6,18H2,(H,19,22)(H,24,25)/t9-,11-,12+/m1/s1. The average molecular weight is 366 g/mol. The molecule has 2 heterocycles. The summed E-state index contributed by atoms with van der Waals surface area (Å²) in [6.07, 6.45) is 0.758. The van der Waals surface area contributed by atoms with Crippen molar-refractivity contribution in [2.45, 2.75) is 31.0 Å². The van der Waals surface area contributed by atoms with E-state index >= 15 is 0 Å². The molecule has 9 heteroatoms. The lowest BCUT2D eigenvalue weighted by Crippen LogP contribution is -2.72. The maximum Gasteiger partial charge on any atom is 0.353 e. The summed E-state index contributed by atoms with van der Waals surface area (Å²) in [7, 11) is 0. The van der Waals surface area contributed by atoms with Crippen molar-refractivity contribution < 1.29 is 24.6 Å². The predicted octanol–water partition coefficient (Wildman–Crippen LogP) is 0.416. The van der Waals surface area contributed by atoms with Crippen LogP contribution in [0.5, 0.6) is 5.75 Å². The van der Waals surface area contributed by atoms with Crippen molar-refractivity contribution >= 4 is 29.4 Å². The van der Waals surface area contributed by atoms with Crippen LogP contribution in [0.15, 0.2) is 35.0 Å². The number of hydrogen-bond acceptors (Lipinski definition) is 5. The first kappa shape index (κ1) is 17.2. The van der Waals surface area contributed by atoms with Gasteiger partial charge in [-0.1, -0.05) is 29.8 Å². The summed E-state index contributed by atoms with van der Waals surface area (Å²) in [5.41, 5.74) is 5.86. The molecule has 2 aliphatic heterocycles. The van der Waals surface area contributed by atoms with E-state index in [1.807, 2.05) is 0 Å². The topological polar surface area (TPSA) is 133 Å². The highest BCUT2D eigenvalue weighted by Crippen LogP contribution is 2.38. The van der Waals surface area contributed by atoms with Gasteiger partial charge in [0.1, 0.15) is 23.5 Å². The van der Waals surface area contributed by atoms with Crippen LogP contribution in [0, 0.1) is 0 Å². The Morgan fingerprint density at radius 2 is 2.04 bits per heavy atom. The Bertz CT molecular complexity index is 794. The molecule has 1 aromatic carbocycles. The van der Waals surface area contributed by atoms with Crippen molar-refractivity contribution in [1.82, 2.24) is 10.2 Å². The van der Waals surface area contributed by atoms with E-state index in [2.05, 4.69) is 5.32 Å². The molecular formula is C16H16ClN3O5. The highest BCUT2D eigenvalue weighted by molar-refractivity contribution is 6.32. The number of allylic oxidation sites excluding steroid dienone is 1. The fourth-order valence-corrected chi connectivity index (χ4v) is 3.43. The zero-order chi connectivity index (χ0) is 18.3. The maximum absolute atomic E-state index is 12.3. The van der Waals surface area contributed by atoms with Gasteiger partial charge in [0.25, 0.3) is 5.91 Å². The molecule has 2 aliphatic rings. The van der Waals surface area contributed by atoms with Gasteiger partial charge in [-0.2, -0.15) is 0 Å². The number of hydrogen-bond donors (Lipinski definition) is 4.